The molecule has 1 aromatic rings. The van der Waals surface area contributed by atoms with E-state index in [0.29, 0.717) is 0 Å². The van der Waals surface area contributed by atoms with Crippen molar-refractivity contribution in [2.75, 3.05) is 13.6 Å². The van der Waals surface area contributed by atoms with Crippen molar-refractivity contribution in [1.29, 1.82) is 0 Å². The minimum Gasteiger partial charge on any atom is -0.319 e. The monoisotopic (exact) mass is 209 g/mol. The van der Waals surface area contributed by atoms with E-state index >= 15 is 0 Å². The molecule has 0 amide bonds. The molecule has 14 heavy (non-hydrogen) atoms. The molecule has 1 aliphatic rings. The van der Waals surface area contributed by atoms with Gasteiger partial charge in [0, 0.05) is 0 Å². The minimum absolute atomic E-state index is 0.917. The smallest absolute Gasteiger partial charge is 0.00208 e. The van der Waals surface area contributed by atoms with Crippen LogP contribution in [0.1, 0.15) is 24.8 Å². The maximum Gasteiger partial charge on any atom is -0.00208 e. The Bertz CT molecular complexity index is 255. The number of hydrogen-bond acceptors (Lipinski definition) is 2. The van der Waals surface area contributed by atoms with Crippen LogP contribution in [0.2, 0.25) is 0 Å². The van der Waals surface area contributed by atoms with Crippen molar-refractivity contribution in [3.63, 3.8) is 0 Å². The second-order valence-corrected chi connectivity index (χ2v) is 5.12. The van der Waals surface area contributed by atoms with E-state index in [2.05, 4.69) is 29.2 Å². The summed E-state index contributed by atoms with van der Waals surface area (Å²) >= 11 is 1.82. The van der Waals surface area contributed by atoms with Crippen LogP contribution in [0, 0.1) is 11.8 Å². The molecule has 0 saturated heterocycles. The molecule has 1 fully saturated rings. The van der Waals surface area contributed by atoms with Crippen LogP contribution in [-0.4, -0.2) is 13.6 Å². The molecule has 1 heterocycles. The molecule has 0 aromatic carbocycles. The van der Waals surface area contributed by atoms with E-state index < -0.39 is 0 Å². The minimum atomic E-state index is 0.917. The van der Waals surface area contributed by atoms with Crippen molar-refractivity contribution < 1.29 is 0 Å². The van der Waals surface area contributed by atoms with Gasteiger partial charge in [-0.2, -0.15) is 11.3 Å². The topological polar surface area (TPSA) is 12.0 Å². The zero-order valence-electron chi connectivity index (χ0n) is 8.83. The lowest BCUT2D eigenvalue weighted by Crippen LogP contribution is -2.23. The van der Waals surface area contributed by atoms with Crippen LogP contribution < -0.4 is 5.32 Å². The number of thiophene rings is 1. The van der Waals surface area contributed by atoms with Crippen LogP contribution >= 0.6 is 11.3 Å². The summed E-state index contributed by atoms with van der Waals surface area (Å²) in [6, 6.07) is 2.28. The Balaban J connectivity index is 1.90. The third-order valence-corrected chi connectivity index (χ3v) is 4.09. The first-order valence-corrected chi connectivity index (χ1v) is 6.50. The summed E-state index contributed by atoms with van der Waals surface area (Å²) in [6.45, 7) is 1.20. The molecule has 1 nitrogen and oxygen atoms in total. The Kier molecular flexibility index (Phi) is 3.60. The van der Waals surface area contributed by atoms with Crippen LogP contribution in [0.5, 0.6) is 0 Å². The molecule has 1 saturated carbocycles. The molecule has 0 radical (unpaired) electrons. The third-order valence-electron chi connectivity index (χ3n) is 3.36. The fraction of sp³-hybridized carbons (Fsp3) is 0.667. The van der Waals surface area contributed by atoms with Crippen LogP contribution in [-0.2, 0) is 6.42 Å². The van der Waals surface area contributed by atoms with Gasteiger partial charge in [-0.1, -0.05) is 6.42 Å². The zero-order valence-corrected chi connectivity index (χ0v) is 9.65. The maximum atomic E-state index is 3.32. The molecule has 2 atom stereocenters. The highest BCUT2D eigenvalue weighted by Crippen LogP contribution is 2.34. The van der Waals surface area contributed by atoms with Crippen molar-refractivity contribution in [3.05, 3.63) is 22.4 Å². The third kappa shape index (κ3) is 2.37. The zero-order chi connectivity index (χ0) is 9.80. The van der Waals surface area contributed by atoms with Crippen molar-refractivity contribution in [2.45, 2.75) is 25.7 Å². The van der Waals surface area contributed by atoms with Gasteiger partial charge in [0.15, 0.2) is 0 Å². The van der Waals surface area contributed by atoms with Crippen LogP contribution in [0.25, 0.3) is 0 Å². The van der Waals surface area contributed by atoms with Crippen LogP contribution in [0.4, 0.5) is 0 Å². The van der Waals surface area contributed by atoms with Gasteiger partial charge < -0.3 is 5.32 Å². The predicted molar refractivity (Wildman–Crippen MR) is 62.8 cm³/mol. The van der Waals surface area contributed by atoms with Crippen molar-refractivity contribution in [1.82, 2.24) is 5.32 Å². The second-order valence-electron chi connectivity index (χ2n) is 4.34. The molecule has 0 aliphatic heterocycles. The molecular weight excluding hydrogens is 190 g/mol. The Morgan fingerprint density at radius 2 is 2.29 bits per heavy atom. The highest BCUT2D eigenvalue weighted by atomic mass is 32.1. The first-order valence-electron chi connectivity index (χ1n) is 5.56. The molecule has 1 aromatic heterocycles. The summed E-state index contributed by atoms with van der Waals surface area (Å²) in [6.07, 6.45) is 5.59. The van der Waals surface area contributed by atoms with E-state index in [1.54, 1.807) is 5.56 Å². The lowest BCUT2D eigenvalue weighted by molar-refractivity contribution is 0.375. The summed E-state index contributed by atoms with van der Waals surface area (Å²) in [5, 5.41) is 7.81. The van der Waals surface area contributed by atoms with Crippen molar-refractivity contribution in [2.24, 2.45) is 11.8 Å². The molecule has 2 unspecified atom stereocenters. The van der Waals surface area contributed by atoms with Gasteiger partial charge in [0.25, 0.3) is 0 Å². The van der Waals surface area contributed by atoms with Crippen LogP contribution in [0.15, 0.2) is 16.8 Å². The Labute approximate surface area is 90.5 Å². The second kappa shape index (κ2) is 4.94. The average molecular weight is 209 g/mol. The van der Waals surface area contributed by atoms with Gasteiger partial charge in [0.05, 0.1) is 0 Å². The highest BCUT2D eigenvalue weighted by Gasteiger charge is 2.26. The lowest BCUT2D eigenvalue weighted by atomic mass is 9.90. The van der Waals surface area contributed by atoms with Gasteiger partial charge >= 0.3 is 0 Å². The Morgan fingerprint density at radius 3 is 3.00 bits per heavy atom. The summed E-state index contributed by atoms with van der Waals surface area (Å²) in [5.41, 5.74) is 1.54. The lowest BCUT2D eigenvalue weighted by Gasteiger charge is -2.18. The molecule has 0 bridgehead atoms. The normalized spacial score (nSPS) is 26.9. The van der Waals surface area contributed by atoms with Gasteiger partial charge in [-0.05, 0) is 67.1 Å². The van der Waals surface area contributed by atoms with Gasteiger partial charge in [-0.3, -0.25) is 0 Å². The van der Waals surface area contributed by atoms with E-state index in [-0.39, 0.29) is 0 Å². The molecule has 1 N–H and O–H groups in total. The van der Waals surface area contributed by atoms with Gasteiger partial charge in [0.1, 0.15) is 0 Å². The Hall–Kier alpha value is -0.340. The quantitative estimate of drug-likeness (QED) is 0.804. The first-order chi connectivity index (χ1) is 6.90. The van der Waals surface area contributed by atoms with E-state index in [1.165, 1.54) is 32.2 Å². The number of hydrogen-bond donors (Lipinski definition) is 1. The highest BCUT2D eigenvalue weighted by molar-refractivity contribution is 7.07. The summed E-state index contributed by atoms with van der Waals surface area (Å²) in [7, 11) is 2.07. The van der Waals surface area contributed by atoms with Gasteiger partial charge in [-0.25, -0.2) is 0 Å². The number of rotatable bonds is 4. The van der Waals surface area contributed by atoms with Crippen molar-refractivity contribution >= 4 is 11.3 Å². The maximum absolute atomic E-state index is 3.32. The average Bonchev–Trinajstić information content (AvgIpc) is 2.80. The molecule has 2 heteroatoms. The van der Waals surface area contributed by atoms with Crippen molar-refractivity contribution in [3.8, 4) is 0 Å². The molecule has 78 valence electrons. The van der Waals surface area contributed by atoms with E-state index in [9.17, 15) is 0 Å². The van der Waals surface area contributed by atoms with Gasteiger partial charge in [-0.15, -0.1) is 0 Å². The summed E-state index contributed by atoms with van der Waals surface area (Å²) in [5.74, 6) is 1.84. The van der Waals surface area contributed by atoms with E-state index in [1.807, 2.05) is 11.3 Å². The molecule has 0 spiro atoms. The largest absolute Gasteiger partial charge is 0.319 e. The number of nitrogens with one attached hydrogen (secondary N) is 1. The van der Waals surface area contributed by atoms with Gasteiger partial charge in [0.2, 0.25) is 0 Å². The van der Waals surface area contributed by atoms with E-state index in [0.717, 1.165) is 11.8 Å². The summed E-state index contributed by atoms with van der Waals surface area (Å²) in [4.78, 5) is 0. The first kappa shape index (κ1) is 10.2. The fourth-order valence-electron chi connectivity index (χ4n) is 2.62. The van der Waals surface area contributed by atoms with Crippen LogP contribution in [0.3, 0.4) is 0 Å². The summed E-state index contributed by atoms with van der Waals surface area (Å²) < 4.78 is 0. The fourth-order valence-corrected chi connectivity index (χ4v) is 3.31. The van der Waals surface area contributed by atoms with E-state index in [4.69, 9.17) is 0 Å². The Morgan fingerprint density at radius 1 is 1.43 bits per heavy atom. The predicted octanol–water partition coefficient (Wildman–Crippen LogP) is 2.93. The SMILES string of the molecule is CNCC1CCCC1Cc1ccsc1. The standard InChI is InChI=1S/C12H19NS/c1-13-8-12-4-2-3-11(12)7-10-5-6-14-9-10/h5-6,9,11-13H,2-4,7-8H2,1H3. The molecular formula is C12H19NS. The molecule has 2 rings (SSSR count). The molecule has 1 aliphatic carbocycles.